The van der Waals surface area contributed by atoms with Crippen molar-refractivity contribution in [1.82, 2.24) is 9.55 Å². The Morgan fingerprint density at radius 3 is 2.74 bits per heavy atom. The smallest absolute Gasteiger partial charge is 0.129 e. The van der Waals surface area contributed by atoms with Crippen LogP contribution >= 0.6 is 23.2 Å². The summed E-state index contributed by atoms with van der Waals surface area (Å²) in [5.41, 5.74) is 4.16. The first-order valence-electron chi connectivity index (χ1n) is 5.99. The molecule has 0 saturated heterocycles. The van der Waals surface area contributed by atoms with Crippen LogP contribution in [0, 0.1) is 6.92 Å². The minimum Gasteiger partial charge on any atom is -0.295 e. The number of rotatable bonds is 2. The fraction of sp³-hybridized carbons (Fsp3) is 0.133. The molecule has 2 nitrogen and oxygen atoms in total. The summed E-state index contributed by atoms with van der Waals surface area (Å²) in [4.78, 5) is 4.59. The highest BCUT2D eigenvalue weighted by Gasteiger charge is 2.11. The van der Waals surface area contributed by atoms with Gasteiger partial charge in [0.2, 0.25) is 0 Å². The van der Waals surface area contributed by atoms with Gasteiger partial charge in [0, 0.05) is 10.7 Å². The topological polar surface area (TPSA) is 17.8 Å². The number of benzene rings is 2. The molecule has 0 bridgehead atoms. The molecule has 0 unspecified atom stereocenters. The second-order valence-electron chi connectivity index (χ2n) is 4.47. The lowest BCUT2D eigenvalue weighted by atomic mass is 10.2. The number of aromatic nitrogens is 2. The zero-order valence-corrected chi connectivity index (χ0v) is 11.9. The maximum atomic E-state index is 6.07. The van der Waals surface area contributed by atoms with E-state index >= 15 is 0 Å². The summed E-state index contributed by atoms with van der Waals surface area (Å²) in [6.07, 6.45) is 0. The standard InChI is InChI=1S/C15H12Cl2N2/c1-10-5-6-14-13(7-10)18-15(9-16)19(14)12-4-2-3-11(17)8-12/h2-8H,9H2,1H3. The van der Waals surface area contributed by atoms with Gasteiger partial charge in [-0.2, -0.15) is 0 Å². The molecule has 1 aromatic heterocycles. The molecule has 1 heterocycles. The fourth-order valence-corrected chi connectivity index (χ4v) is 2.60. The zero-order valence-electron chi connectivity index (χ0n) is 10.4. The molecule has 96 valence electrons. The van der Waals surface area contributed by atoms with Crippen molar-refractivity contribution in [2.24, 2.45) is 0 Å². The lowest BCUT2D eigenvalue weighted by Gasteiger charge is -2.08. The van der Waals surface area contributed by atoms with Crippen LogP contribution in [0.5, 0.6) is 0 Å². The highest BCUT2D eigenvalue weighted by Crippen LogP contribution is 2.25. The summed E-state index contributed by atoms with van der Waals surface area (Å²) in [6, 6.07) is 13.9. The van der Waals surface area contributed by atoms with E-state index in [2.05, 4.69) is 30.1 Å². The van der Waals surface area contributed by atoms with E-state index in [1.54, 1.807) is 0 Å². The number of alkyl halides is 1. The van der Waals surface area contributed by atoms with E-state index in [9.17, 15) is 0 Å². The van der Waals surface area contributed by atoms with Gasteiger partial charge in [-0.1, -0.05) is 23.7 Å². The second kappa shape index (κ2) is 4.87. The molecule has 0 amide bonds. The third kappa shape index (κ3) is 2.22. The molecule has 19 heavy (non-hydrogen) atoms. The van der Waals surface area contributed by atoms with E-state index in [4.69, 9.17) is 23.2 Å². The first kappa shape index (κ1) is 12.5. The number of fused-ring (bicyclic) bond motifs is 1. The maximum Gasteiger partial charge on any atom is 0.129 e. The van der Waals surface area contributed by atoms with E-state index in [1.807, 2.05) is 28.8 Å². The molecule has 0 spiro atoms. The third-order valence-corrected chi connectivity index (χ3v) is 3.54. The molecule has 0 N–H and O–H groups in total. The van der Waals surface area contributed by atoms with Gasteiger partial charge >= 0.3 is 0 Å². The van der Waals surface area contributed by atoms with E-state index < -0.39 is 0 Å². The summed E-state index contributed by atoms with van der Waals surface area (Å²) in [5, 5.41) is 0.701. The van der Waals surface area contributed by atoms with Gasteiger partial charge in [0.25, 0.3) is 0 Å². The molecule has 0 atom stereocenters. The van der Waals surface area contributed by atoms with Gasteiger partial charge in [0.15, 0.2) is 0 Å². The predicted molar refractivity (Wildman–Crippen MR) is 80.4 cm³/mol. The van der Waals surface area contributed by atoms with Crippen molar-refractivity contribution in [3.8, 4) is 5.69 Å². The van der Waals surface area contributed by atoms with Crippen molar-refractivity contribution >= 4 is 34.2 Å². The van der Waals surface area contributed by atoms with Crippen molar-refractivity contribution < 1.29 is 0 Å². The summed E-state index contributed by atoms with van der Waals surface area (Å²) in [5.74, 6) is 1.18. The Labute approximate surface area is 121 Å². The molecule has 3 aromatic rings. The number of imidazole rings is 1. The average Bonchev–Trinajstić information content (AvgIpc) is 2.76. The van der Waals surface area contributed by atoms with Crippen LogP contribution in [0.4, 0.5) is 0 Å². The largest absolute Gasteiger partial charge is 0.295 e. The first-order valence-corrected chi connectivity index (χ1v) is 6.90. The highest BCUT2D eigenvalue weighted by atomic mass is 35.5. The molecule has 0 radical (unpaired) electrons. The average molecular weight is 291 g/mol. The molecular weight excluding hydrogens is 279 g/mol. The molecule has 0 aliphatic carbocycles. The SMILES string of the molecule is Cc1ccc2c(c1)nc(CCl)n2-c1cccc(Cl)c1. The number of aryl methyl sites for hydroxylation is 1. The van der Waals surface area contributed by atoms with Crippen LogP contribution in [0.3, 0.4) is 0 Å². The molecule has 2 aromatic carbocycles. The molecule has 3 rings (SSSR count). The maximum absolute atomic E-state index is 6.07. The van der Waals surface area contributed by atoms with Crippen LogP contribution in [0.1, 0.15) is 11.4 Å². The van der Waals surface area contributed by atoms with Crippen LogP contribution in [0.15, 0.2) is 42.5 Å². The summed E-state index contributed by atoms with van der Waals surface area (Å²) in [6.45, 7) is 2.05. The predicted octanol–water partition coefficient (Wildman–Crippen LogP) is 4.73. The van der Waals surface area contributed by atoms with Crippen LogP contribution < -0.4 is 0 Å². The van der Waals surface area contributed by atoms with Crippen LogP contribution in [0.2, 0.25) is 5.02 Å². The van der Waals surface area contributed by atoms with Gasteiger partial charge in [0.05, 0.1) is 16.9 Å². The van der Waals surface area contributed by atoms with E-state index in [0.29, 0.717) is 10.9 Å². The minimum atomic E-state index is 0.361. The Morgan fingerprint density at radius 1 is 1.16 bits per heavy atom. The number of halogens is 2. The molecule has 0 aliphatic heterocycles. The Hall–Kier alpha value is -1.51. The van der Waals surface area contributed by atoms with E-state index in [-0.39, 0.29) is 0 Å². The molecule has 0 aliphatic rings. The fourth-order valence-electron chi connectivity index (χ4n) is 2.23. The molecular formula is C15H12Cl2N2. The summed E-state index contributed by atoms with van der Waals surface area (Å²) < 4.78 is 2.05. The minimum absolute atomic E-state index is 0.361. The summed E-state index contributed by atoms with van der Waals surface area (Å²) in [7, 11) is 0. The van der Waals surface area contributed by atoms with Crippen LogP contribution in [0.25, 0.3) is 16.7 Å². The highest BCUT2D eigenvalue weighted by molar-refractivity contribution is 6.30. The number of hydrogen-bond donors (Lipinski definition) is 0. The van der Waals surface area contributed by atoms with Crippen molar-refractivity contribution in [1.29, 1.82) is 0 Å². The van der Waals surface area contributed by atoms with Crippen molar-refractivity contribution in [3.05, 3.63) is 58.9 Å². The van der Waals surface area contributed by atoms with Gasteiger partial charge in [-0.05, 0) is 42.8 Å². The van der Waals surface area contributed by atoms with Crippen molar-refractivity contribution in [2.45, 2.75) is 12.8 Å². The Kier molecular flexibility index (Phi) is 3.21. The van der Waals surface area contributed by atoms with Crippen molar-refractivity contribution in [3.63, 3.8) is 0 Å². The second-order valence-corrected chi connectivity index (χ2v) is 5.17. The zero-order chi connectivity index (χ0) is 13.4. The van der Waals surface area contributed by atoms with Crippen molar-refractivity contribution in [2.75, 3.05) is 0 Å². The lowest BCUT2D eigenvalue weighted by Crippen LogP contribution is -1.98. The van der Waals surface area contributed by atoms with Crippen LogP contribution in [-0.2, 0) is 5.88 Å². The first-order chi connectivity index (χ1) is 9.19. The van der Waals surface area contributed by atoms with E-state index in [1.165, 1.54) is 5.56 Å². The Balaban J connectivity index is 2.32. The monoisotopic (exact) mass is 290 g/mol. The van der Waals surface area contributed by atoms with Gasteiger partial charge < -0.3 is 0 Å². The Bertz CT molecular complexity index is 747. The van der Waals surface area contributed by atoms with E-state index in [0.717, 1.165) is 22.5 Å². The molecule has 0 fully saturated rings. The lowest BCUT2D eigenvalue weighted by molar-refractivity contribution is 0.982. The number of hydrogen-bond acceptors (Lipinski definition) is 1. The van der Waals surface area contributed by atoms with Gasteiger partial charge in [-0.15, -0.1) is 11.6 Å². The normalized spacial score (nSPS) is 11.1. The molecule has 0 saturated carbocycles. The van der Waals surface area contributed by atoms with Crippen LogP contribution in [-0.4, -0.2) is 9.55 Å². The molecule has 4 heteroatoms. The quantitative estimate of drug-likeness (QED) is 0.624. The van der Waals surface area contributed by atoms with Gasteiger partial charge in [-0.3, -0.25) is 4.57 Å². The van der Waals surface area contributed by atoms with Gasteiger partial charge in [0.1, 0.15) is 5.82 Å². The number of nitrogens with zero attached hydrogens (tertiary/aromatic N) is 2. The Morgan fingerprint density at radius 2 is 2.00 bits per heavy atom. The third-order valence-electron chi connectivity index (χ3n) is 3.07. The summed E-state index contributed by atoms with van der Waals surface area (Å²) >= 11 is 12.1. The van der Waals surface area contributed by atoms with Gasteiger partial charge in [-0.25, -0.2) is 4.98 Å².